The highest BCUT2D eigenvalue weighted by molar-refractivity contribution is 6.32. The molecule has 1 aliphatic rings. The van der Waals surface area contributed by atoms with E-state index in [0.717, 1.165) is 16.8 Å². The van der Waals surface area contributed by atoms with Crippen LogP contribution >= 0.6 is 11.6 Å². The summed E-state index contributed by atoms with van der Waals surface area (Å²) < 4.78 is 15.5. The Kier molecular flexibility index (Phi) is 4.27. The fourth-order valence-corrected chi connectivity index (χ4v) is 3.67. The number of nitrogens with zero attached hydrogens (tertiary/aromatic N) is 3. The zero-order valence-electron chi connectivity index (χ0n) is 15.3. The van der Waals surface area contributed by atoms with Crippen LogP contribution in [0.5, 0.6) is 0 Å². The van der Waals surface area contributed by atoms with Gasteiger partial charge in [0.2, 0.25) is 0 Å². The number of hydrogen-bond acceptors (Lipinski definition) is 2. The molecular formula is C21H19ClFN3O. The Hall–Kier alpha value is -2.66. The molecule has 2 heterocycles. The Labute approximate surface area is 162 Å². The van der Waals surface area contributed by atoms with Crippen molar-refractivity contribution in [3.63, 3.8) is 0 Å². The molecule has 4 nitrogen and oxygen atoms in total. The molecule has 3 aromatic rings. The summed E-state index contributed by atoms with van der Waals surface area (Å²) in [7, 11) is 0. The van der Waals surface area contributed by atoms with Crippen LogP contribution in [0.4, 0.5) is 4.39 Å². The van der Waals surface area contributed by atoms with Gasteiger partial charge in [-0.2, -0.15) is 5.10 Å². The van der Waals surface area contributed by atoms with Gasteiger partial charge in [0.15, 0.2) is 5.69 Å². The van der Waals surface area contributed by atoms with E-state index in [-0.39, 0.29) is 17.8 Å². The van der Waals surface area contributed by atoms with Gasteiger partial charge in [-0.1, -0.05) is 23.7 Å². The number of halogens is 2. The first-order valence-electron chi connectivity index (χ1n) is 8.82. The number of fused-ring (bicyclic) bond motifs is 1. The summed E-state index contributed by atoms with van der Waals surface area (Å²) in [4.78, 5) is 14.6. The molecule has 0 N–H and O–H groups in total. The SMILES string of the molecule is Cc1cc(-c2c3c(nn2-c2ccccc2Cl)C(=O)N(C(C)C)C3)ccc1F. The second-order valence-corrected chi connectivity index (χ2v) is 7.44. The van der Waals surface area contributed by atoms with E-state index >= 15 is 0 Å². The molecule has 0 radical (unpaired) electrons. The van der Waals surface area contributed by atoms with E-state index in [1.54, 1.807) is 34.7 Å². The Morgan fingerprint density at radius 1 is 1.19 bits per heavy atom. The fourth-order valence-electron chi connectivity index (χ4n) is 3.45. The maximum Gasteiger partial charge on any atom is 0.275 e. The second-order valence-electron chi connectivity index (χ2n) is 7.03. The maximum atomic E-state index is 13.8. The molecule has 0 bridgehead atoms. The van der Waals surface area contributed by atoms with Gasteiger partial charge >= 0.3 is 0 Å². The van der Waals surface area contributed by atoms with E-state index in [9.17, 15) is 9.18 Å². The normalized spacial score (nSPS) is 13.6. The van der Waals surface area contributed by atoms with E-state index in [0.29, 0.717) is 28.5 Å². The highest BCUT2D eigenvalue weighted by Crippen LogP contribution is 2.37. The van der Waals surface area contributed by atoms with Gasteiger partial charge in [0, 0.05) is 17.2 Å². The molecule has 0 unspecified atom stereocenters. The molecule has 1 aromatic heterocycles. The zero-order chi connectivity index (χ0) is 19.3. The minimum absolute atomic E-state index is 0.0725. The van der Waals surface area contributed by atoms with Crippen LogP contribution < -0.4 is 0 Å². The number of rotatable bonds is 3. The minimum Gasteiger partial charge on any atom is -0.330 e. The lowest BCUT2D eigenvalue weighted by Gasteiger charge is -2.21. The average Bonchev–Trinajstić information content (AvgIpc) is 3.15. The minimum atomic E-state index is -0.265. The van der Waals surface area contributed by atoms with Gasteiger partial charge in [0.25, 0.3) is 5.91 Å². The van der Waals surface area contributed by atoms with Gasteiger partial charge in [-0.3, -0.25) is 4.79 Å². The average molecular weight is 384 g/mol. The standard InChI is InChI=1S/C21H19ClFN3O/c1-12(2)25-11-15-19(21(25)27)24-26(18-7-5-4-6-16(18)22)20(15)14-8-9-17(23)13(3)10-14/h4-10,12H,11H2,1-3H3. The van der Waals surface area contributed by atoms with Gasteiger partial charge in [-0.25, -0.2) is 9.07 Å². The van der Waals surface area contributed by atoms with E-state index in [1.165, 1.54) is 6.07 Å². The van der Waals surface area contributed by atoms with Gasteiger partial charge in [-0.05, 0) is 56.7 Å². The van der Waals surface area contributed by atoms with Crippen LogP contribution in [0.3, 0.4) is 0 Å². The lowest BCUT2D eigenvalue weighted by molar-refractivity contribution is 0.0724. The molecule has 1 amide bonds. The lowest BCUT2D eigenvalue weighted by atomic mass is 10.0. The van der Waals surface area contributed by atoms with Crippen molar-refractivity contribution in [2.45, 2.75) is 33.4 Å². The van der Waals surface area contributed by atoms with E-state index < -0.39 is 0 Å². The van der Waals surface area contributed by atoms with Crippen LogP contribution in [0.15, 0.2) is 42.5 Å². The monoisotopic (exact) mass is 383 g/mol. The molecule has 4 rings (SSSR count). The summed E-state index contributed by atoms with van der Waals surface area (Å²) in [5.74, 6) is -0.357. The van der Waals surface area contributed by atoms with Crippen LogP contribution in [-0.2, 0) is 6.54 Å². The number of benzene rings is 2. The molecule has 138 valence electrons. The third-order valence-corrected chi connectivity index (χ3v) is 5.23. The van der Waals surface area contributed by atoms with Gasteiger partial charge in [-0.15, -0.1) is 0 Å². The quantitative estimate of drug-likeness (QED) is 0.638. The van der Waals surface area contributed by atoms with E-state index in [1.807, 2.05) is 32.0 Å². The molecule has 0 spiro atoms. The van der Waals surface area contributed by atoms with Crippen LogP contribution in [0.25, 0.3) is 16.9 Å². The van der Waals surface area contributed by atoms with Crippen molar-refractivity contribution >= 4 is 17.5 Å². The number of amides is 1. The Balaban J connectivity index is 1.98. The summed E-state index contributed by atoms with van der Waals surface area (Å²) in [5, 5.41) is 5.15. The fraction of sp³-hybridized carbons (Fsp3) is 0.238. The smallest absolute Gasteiger partial charge is 0.275 e. The van der Waals surface area contributed by atoms with Crippen molar-refractivity contribution in [3.05, 3.63) is 70.1 Å². The highest BCUT2D eigenvalue weighted by Gasteiger charge is 2.36. The number of para-hydroxylation sites is 1. The number of aryl methyl sites for hydroxylation is 1. The number of carbonyl (C=O) groups excluding carboxylic acids is 1. The Morgan fingerprint density at radius 3 is 2.59 bits per heavy atom. The molecule has 0 aliphatic carbocycles. The van der Waals surface area contributed by atoms with Crippen LogP contribution in [0.1, 0.15) is 35.5 Å². The summed E-state index contributed by atoms with van der Waals surface area (Å²) in [6.45, 7) is 6.16. The van der Waals surface area contributed by atoms with Gasteiger partial charge < -0.3 is 4.90 Å². The van der Waals surface area contributed by atoms with Crippen molar-refractivity contribution in [2.75, 3.05) is 0 Å². The first-order chi connectivity index (χ1) is 12.9. The van der Waals surface area contributed by atoms with Gasteiger partial charge in [0.05, 0.1) is 22.9 Å². The van der Waals surface area contributed by atoms with Crippen LogP contribution in [0.2, 0.25) is 5.02 Å². The molecule has 0 saturated heterocycles. The number of hydrogen-bond donors (Lipinski definition) is 0. The summed E-state index contributed by atoms with van der Waals surface area (Å²) in [5.41, 5.74) is 4.09. The molecule has 2 aromatic carbocycles. The third-order valence-electron chi connectivity index (χ3n) is 4.91. The summed E-state index contributed by atoms with van der Waals surface area (Å²) in [6, 6.07) is 12.4. The molecule has 0 atom stereocenters. The van der Waals surface area contributed by atoms with Crippen molar-refractivity contribution < 1.29 is 9.18 Å². The molecule has 0 fully saturated rings. The molecule has 27 heavy (non-hydrogen) atoms. The third kappa shape index (κ3) is 2.82. The highest BCUT2D eigenvalue weighted by atomic mass is 35.5. The molecular weight excluding hydrogens is 365 g/mol. The number of carbonyl (C=O) groups is 1. The van der Waals surface area contributed by atoms with Crippen molar-refractivity contribution in [2.24, 2.45) is 0 Å². The number of aromatic nitrogens is 2. The maximum absolute atomic E-state index is 13.8. The van der Waals surface area contributed by atoms with Crippen molar-refractivity contribution in [1.82, 2.24) is 14.7 Å². The molecule has 6 heteroatoms. The largest absolute Gasteiger partial charge is 0.330 e. The predicted molar refractivity (Wildman–Crippen MR) is 104 cm³/mol. The second kappa shape index (κ2) is 6.50. The molecule has 1 aliphatic heterocycles. The summed E-state index contributed by atoms with van der Waals surface area (Å²) >= 11 is 6.40. The van der Waals surface area contributed by atoms with E-state index in [2.05, 4.69) is 5.10 Å². The Bertz CT molecular complexity index is 1060. The van der Waals surface area contributed by atoms with Crippen molar-refractivity contribution in [3.8, 4) is 16.9 Å². The van der Waals surface area contributed by atoms with E-state index in [4.69, 9.17) is 11.6 Å². The zero-order valence-corrected chi connectivity index (χ0v) is 16.1. The van der Waals surface area contributed by atoms with Crippen LogP contribution in [0, 0.1) is 12.7 Å². The van der Waals surface area contributed by atoms with Crippen molar-refractivity contribution in [1.29, 1.82) is 0 Å². The Morgan fingerprint density at radius 2 is 1.93 bits per heavy atom. The first-order valence-corrected chi connectivity index (χ1v) is 9.20. The van der Waals surface area contributed by atoms with Crippen LogP contribution in [-0.4, -0.2) is 26.6 Å². The lowest BCUT2D eigenvalue weighted by Crippen LogP contribution is -2.31. The summed E-state index contributed by atoms with van der Waals surface area (Å²) in [6.07, 6.45) is 0. The predicted octanol–water partition coefficient (Wildman–Crippen LogP) is 5.00. The van der Waals surface area contributed by atoms with Gasteiger partial charge in [0.1, 0.15) is 5.82 Å². The molecule has 0 saturated carbocycles. The first kappa shape index (κ1) is 17.7. The topological polar surface area (TPSA) is 38.1 Å².